The van der Waals surface area contributed by atoms with Crippen LogP contribution in [0.15, 0.2) is 419 Å². The zero-order valence-corrected chi connectivity index (χ0v) is 77.3. The van der Waals surface area contributed by atoms with Crippen LogP contribution in [0.2, 0.25) is 0 Å². The largest absolute Gasteiger partial charge is 0.256 e. The number of pyridine rings is 7. The molecule has 0 unspecified atom stereocenters. The topological polar surface area (TPSA) is 142 Å². The molecule has 28 rings (SSSR count). The van der Waals surface area contributed by atoms with E-state index in [1.54, 1.807) is 18.6 Å². The summed E-state index contributed by atoms with van der Waals surface area (Å²) in [6.45, 7) is 14.0. The Bertz CT molecular complexity index is 9320. The highest BCUT2D eigenvalue weighted by Crippen LogP contribution is 2.58. The minimum absolute atomic E-state index is 0.150. The molecule has 0 atom stereocenters. The lowest BCUT2D eigenvalue weighted by Crippen LogP contribution is -2.16. The molecular weight excluding hydrogens is 1690 g/mol. The van der Waals surface area contributed by atoms with Crippen molar-refractivity contribution in [2.45, 2.75) is 57.8 Å². The number of para-hydroxylation sites is 3. The smallest absolute Gasteiger partial charge is 0.159 e. The third kappa shape index (κ3) is 13.6. The van der Waals surface area contributed by atoms with Gasteiger partial charge in [-0.3, -0.25) is 9.97 Å². The van der Waals surface area contributed by atoms with Gasteiger partial charge in [-0.2, -0.15) is 0 Å². The highest BCUT2D eigenvalue weighted by molar-refractivity contribution is 6.27. The molecule has 11 nitrogen and oxygen atoms in total. The SMILES string of the molecule is CC1(C)c2ccccc2-c2nc3ccccc3c(-c3ccc(-c4ccc5cc(-c6ccc7nc(-c8ccccn8)ccc7c6)ccc5n4)cc3)c21.CC1(C)c2ccccc2-c2nc3ccccc3c(-c3ccc(-c4ccc5ccc6c(-c7ncccn7)ccc7ccc4c5c76)cc3)c21.CC1(C)c2ccccc2-c2nc3ccccc3c(-c3ccc(-c4cnc5cc(-c6ncccn6)ccc5c4)cc3)c21. The summed E-state index contributed by atoms with van der Waals surface area (Å²) in [7, 11) is 0. The van der Waals surface area contributed by atoms with E-state index in [1.807, 2.05) is 61.1 Å². The molecule has 3 aliphatic carbocycles. The molecule has 0 spiro atoms. The molecule has 11 heteroatoms. The van der Waals surface area contributed by atoms with E-state index in [0.29, 0.717) is 5.82 Å². The first-order valence-corrected chi connectivity index (χ1v) is 47.5. The van der Waals surface area contributed by atoms with Crippen LogP contribution in [-0.4, -0.2) is 54.8 Å². The Morgan fingerprint density at radius 1 is 0.187 bits per heavy atom. The predicted octanol–water partition coefficient (Wildman–Crippen LogP) is 31.8. The van der Waals surface area contributed by atoms with E-state index in [4.69, 9.17) is 29.9 Å². The molecule has 0 bridgehead atoms. The van der Waals surface area contributed by atoms with Gasteiger partial charge >= 0.3 is 0 Å². The summed E-state index contributed by atoms with van der Waals surface area (Å²) in [5, 5.41) is 14.3. The Morgan fingerprint density at radius 2 is 0.554 bits per heavy atom. The molecule has 3 aliphatic rings. The fourth-order valence-electron chi connectivity index (χ4n) is 22.5. The van der Waals surface area contributed by atoms with Crippen LogP contribution in [0.1, 0.15) is 74.9 Å². The van der Waals surface area contributed by atoms with Gasteiger partial charge in [-0.25, -0.2) is 44.9 Å². The summed E-state index contributed by atoms with van der Waals surface area (Å²) in [5.74, 6) is 1.46. The van der Waals surface area contributed by atoms with Gasteiger partial charge in [0.2, 0.25) is 0 Å². The molecule has 0 amide bonds. The van der Waals surface area contributed by atoms with Crippen molar-refractivity contribution >= 4 is 97.7 Å². The van der Waals surface area contributed by atoms with Gasteiger partial charge in [-0.05, 0) is 224 Å². The highest BCUT2D eigenvalue weighted by Gasteiger charge is 2.43. The van der Waals surface area contributed by atoms with Crippen molar-refractivity contribution in [3.05, 3.63) is 453 Å². The second-order valence-electron chi connectivity index (χ2n) is 38.3. The minimum Gasteiger partial charge on any atom is -0.256 e. The van der Waals surface area contributed by atoms with Gasteiger partial charge in [-0.15, -0.1) is 0 Å². The molecule has 139 heavy (non-hydrogen) atoms. The first kappa shape index (κ1) is 82.0. The predicted molar refractivity (Wildman–Crippen MR) is 571 cm³/mol. The van der Waals surface area contributed by atoms with E-state index in [0.717, 1.165) is 128 Å². The lowest BCUT2D eigenvalue weighted by Gasteiger charge is -2.25. The van der Waals surface area contributed by atoms with Gasteiger partial charge in [-0.1, -0.05) is 327 Å². The van der Waals surface area contributed by atoms with Crippen LogP contribution in [0.3, 0.4) is 0 Å². The van der Waals surface area contributed by atoms with E-state index in [1.165, 1.54) is 143 Å². The van der Waals surface area contributed by atoms with Crippen LogP contribution in [0, 0.1) is 0 Å². The molecule has 25 aromatic rings. The first-order chi connectivity index (χ1) is 68.2. The average Bonchev–Trinajstić information content (AvgIpc) is 1.47. The lowest BCUT2D eigenvalue weighted by molar-refractivity contribution is 0.661. The zero-order chi connectivity index (χ0) is 92.9. The number of rotatable bonds is 10. The Morgan fingerprint density at radius 3 is 1.05 bits per heavy atom. The number of hydrogen-bond acceptors (Lipinski definition) is 11. The number of aromatic nitrogens is 11. The summed E-state index contributed by atoms with van der Waals surface area (Å²) in [6, 6.07) is 136. The molecule has 9 aromatic heterocycles. The van der Waals surface area contributed by atoms with Gasteiger partial charge in [0.1, 0.15) is 0 Å². The van der Waals surface area contributed by atoms with Crippen LogP contribution in [0.5, 0.6) is 0 Å². The standard InChI is InChI=1S/C47H32N4.C44H29N3.C37H26N4/c1-47(2)37-11-5-3-9-35(37)46-45(47)44(36-10-4-6-12-41(36)51-46)30-16-14-29(15-17-30)38-24-20-33-27-31(18-22-39(33)49-38)32-19-23-40-34(28-32)21-25-43(50-40)42-13-7-8-26-48-42;1-44(2)36-10-5-3-8-34(36)42-41(44)40(35-9-4-6-11-37(35)47-42)29-14-12-26(13-15-29)30-20-16-27-18-22-32-33(43-45-24-7-25-46-43)23-19-28-17-21-31(30)38(27)39(28)32;1-37(2)30-10-5-3-8-28(30)35-34(37)33(29-9-4-6-11-31(29)41-35)24-14-12-23(13-15-24)27-20-25-16-17-26(21-32(25)40-22-27)36-38-18-7-19-39-36/h3-28H,1-2H3;3-25H,1-2H3;3-22H,1-2H3. The molecule has 0 saturated heterocycles. The monoisotopic (exact) mass is 1780 g/mol. The van der Waals surface area contributed by atoms with Gasteiger partial charge < -0.3 is 0 Å². The van der Waals surface area contributed by atoms with Crippen LogP contribution in [0.25, 0.3) is 244 Å². The zero-order valence-electron chi connectivity index (χ0n) is 77.3. The molecule has 0 aliphatic heterocycles. The molecule has 654 valence electrons. The van der Waals surface area contributed by atoms with E-state index in [9.17, 15) is 0 Å². The van der Waals surface area contributed by atoms with Crippen LogP contribution >= 0.6 is 0 Å². The maximum absolute atomic E-state index is 5.24. The molecule has 0 fully saturated rings. The Kier molecular flexibility index (Phi) is 19.1. The van der Waals surface area contributed by atoms with E-state index >= 15 is 0 Å². The van der Waals surface area contributed by atoms with Crippen molar-refractivity contribution in [2.24, 2.45) is 0 Å². The number of nitrogens with zero attached hydrogens (tertiary/aromatic N) is 11. The van der Waals surface area contributed by atoms with Gasteiger partial charge in [0.25, 0.3) is 0 Å². The highest BCUT2D eigenvalue weighted by atomic mass is 14.9. The number of fused-ring (bicyclic) bond motifs is 15. The van der Waals surface area contributed by atoms with Crippen LogP contribution in [-0.2, 0) is 16.2 Å². The fourth-order valence-corrected chi connectivity index (χ4v) is 22.5. The Balaban J connectivity index is 0.000000108. The summed E-state index contributed by atoms with van der Waals surface area (Å²) in [4.78, 5) is 52.7. The Hall–Kier alpha value is -17.7. The van der Waals surface area contributed by atoms with Crippen molar-refractivity contribution in [1.29, 1.82) is 0 Å². The molecule has 9 heterocycles. The van der Waals surface area contributed by atoms with Crippen molar-refractivity contribution in [3.63, 3.8) is 0 Å². The van der Waals surface area contributed by atoms with Gasteiger partial charge in [0, 0.05) is 125 Å². The Labute approximate surface area is 803 Å². The maximum atomic E-state index is 5.24. The molecule has 16 aromatic carbocycles. The molecule has 0 N–H and O–H groups in total. The second-order valence-corrected chi connectivity index (χ2v) is 38.3. The molecule has 0 saturated carbocycles. The third-order valence-electron chi connectivity index (χ3n) is 29.2. The van der Waals surface area contributed by atoms with Crippen molar-refractivity contribution in [1.82, 2.24) is 54.8 Å². The summed E-state index contributed by atoms with van der Waals surface area (Å²) in [6.07, 6.45) is 10.9. The minimum atomic E-state index is -0.164. The summed E-state index contributed by atoms with van der Waals surface area (Å²) in [5.41, 5.74) is 40.6. The summed E-state index contributed by atoms with van der Waals surface area (Å²) < 4.78 is 0. The third-order valence-corrected chi connectivity index (χ3v) is 29.2. The number of hydrogen-bond donors (Lipinski definition) is 0. The van der Waals surface area contributed by atoms with Crippen molar-refractivity contribution < 1.29 is 0 Å². The van der Waals surface area contributed by atoms with E-state index in [-0.39, 0.29) is 16.2 Å². The fraction of sp³-hybridized carbons (Fsp3) is 0.0703. The molecular formula is C128H87N11. The quantitative estimate of drug-likeness (QED) is 0.121. The first-order valence-electron chi connectivity index (χ1n) is 47.5. The van der Waals surface area contributed by atoms with Crippen LogP contribution in [0.4, 0.5) is 0 Å². The maximum Gasteiger partial charge on any atom is 0.159 e. The van der Waals surface area contributed by atoms with E-state index < -0.39 is 0 Å². The number of benzene rings is 16. The van der Waals surface area contributed by atoms with Gasteiger partial charge in [0.05, 0.1) is 67.3 Å². The lowest BCUT2D eigenvalue weighted by atomic mass is 9.78. The second kappa shape index (κ2) is 32.3. The molecule has 0 radical (unpaired) electrons. The average molecular weight is 1780 g/mol. The van der Waals surface area contributed by atoms with Gasteiger partial charge in [0.15, 0.2) is 11.6 Å². The normalized spacial score (nSPS) is 13.3. The van der Waals surface area contributed by atoms with E-state index in [2.05, 4.69) is 406 Å². The van der Waals surface area contributed by atoms with Crippen LogP contribution < -0.4 is 0 Å². The summed E-state index contributed by atoms with van der Waals surface area (Å²) >= 11 is 0. The van der Waals surface area contributed by atoms with Crippen molar-refractivity contribution in [3.8, 4) is 146 Å². The van der Waals surface area contributed by atoms with Crippen molar-refractivity contribution in [2.75, 3.05) is 0 Å².